The molecule has 12 nitrogen and oxygen atoms in total. The standard InChI is InChI=1S/C33H41NO11/c1-4-42-30(39)45-33(27(37)19-43-29(38)21-7-5-20(6-8-21)13-16-44-34(40)41)15-12-25-24-10-9-22-17-23(35)11-14-31(22,2)28(24)26(36)18-32(25,33)3/h5-8,11,14,17,24-26,28,36,40-41H,4,9-10,12-13,15-16,18-19H2,1-3H3/t24-,25-,26-,28+,31-,32-,33-/m0/s1. The highest BCUT2D eigenvalue weighted by Gasteiger charge is 2.70. The molecule has 244 valence electrons. The molecule has 12 heteroatoms. The van der Waals surface area contributed by atoms with Crippen LogP contribution in [0.15, 0.2) is 48.1 Å². The SMILES string of the molecule is CCOC(=O)O[C@]1(C(=O)COC(=O)c2ccc(CCON(O)O)cc2)CC[C@H]2[C@@H]3CCC4=CC(=O)C=C[C@]4(C)[C@H]3[C@@H](O)C[C@@]21C. The molecule has 0 bridgehead atoms. The Labute approximate surface area is 261 Å². The van der Waals surface area contributed by atoms with Gasteiger partial charge >= 0.3 is 12.1 Å². The summed E-state index contributed by atoms with van der Waals surface area (Å²) >= 11 is 0. The minimum atomic E-state index is -1.68. The first kappa shape index (κ1) is 33.0. The topological polar surface area (TPSA) is 169 Å². The van der Waals surface area contributed by atoms with Crippen LogP contribution in [0.1, 0.15) is 68.8 Å². The molecule has 0 saturated heterocycles. The number of carbonyl (C=O) groups is 4. The van der Waals surface area contributed by atoms with Gasteiger partial charge in [-0.1, -0.05) is 37.6 Å². The van der Waals surface area contributed by atoms with Crippen LogP contribution in [0.2, 0.25) is 0 Å². The number of ketones is 2. The first-order valence-electron chi connectivity index (χ1n) is 15.4. The van der Waals surface area contributed by atoms with Gasteiger partial charge in [-0.25, -0.2) is 9.59 Å². The number of hydrogen-bond acceptors (Lipinski definition) is 12. The second kappa shape index (κ2) is 12.8. The molecule has 0 unspecified atom stereocenters. The van der Waals surface area contributed by atoms with E-state index >= 15 is 0 Å². The molecule has 0 aliphatic heterocycles. The highest BCUT2D eigenvalue weighted by molar-refractivity contribution is 6.01. The second-order valence-corrected chi connectivity index (χ2v) is 12.9. The normalized spacial score (nSPS) is 33.5. The van der Waals surface area contributed by atoms with Crippen molar-refractivity contribution in [1.29, 1.82) is 0 Å². The Balaban J connectivity index is 1.35. The van der Waals surface area contributed by atoms with Gasteiger partial charge in [0, 0.05) is 16.7 Å². The summed E-state index contributed by atoms with van der Waals surface area (Å²) in [6.45, 7) is 4.98. The van der Waals surface area contributed by atoms with Crippen LogP contribution in [-0.2, 0) is 35.1 Å². The molecule has 45 heavy (non-hydrogen) atoms. The highest BCUT2D eigenvalue weighted by Crippen LogP contribution is 2.68. The Kier molecular flexibility index (Phi) is 9.35. The van der Waals surface area contributed by atoms with Crippen LogP contribution in [-0.4, -0.2) is 76.1 Å². The van der Waals surface area contributed by atoms with Crippen LogP contribution in [0.4, 0.5) is 4.79 Å². The molecule has 3 N–H and O–H groups in total. The van der Waals surface area contributed by atoms with Gasteiger partial charge < -0.3 is 19.3 Å². The first-order chi connectivity index (χ1) is 21.3. The molecule has 3 fully saturated rings. The Morgan fingerprint density at radius 3 is 2.49 bits per heavy atom. The largest absolute Gasteiger partial charge is 0.509 e. The summed E-state index contributed by atoms with van der Waals surface area (Å²) in [4.78, 5) is 56.5. The molecule has 4 aliphatic carbocycles. The fourth-order valence-corrected chi connectivity index (χ4v) is 8.67. The van der Waals surface area contributed by atoms with E-state index in [2.05, 4.69) is 11.8 Å². The number of Topliss-reactive ketones (excluding diaryl/α,β-unsaturated/α-hetero) is 1. The molecule has 1 aromatic rings. The van der Waals surface area contributed by atoms with Gasteiger partial charge in [-0.3, -0.25) is 24.8 Å². The molecule has 4 aliphatic rings. The van der Waals surface area contributed by atoms with E-state index in [1.165, 1.54) is 12.1 Å². The van der Waals surface area contributed by atoms with E-state index in [1.54, 1.807) is 31.2 Å². The smallest absolute Gasteiger partial charge is 0.454 e. The van der Waals surface area contributed by atoms with Gasteiger partial charge in [0.15, 0.2) is 18.0 Å². The van der Waals surface area contributed by atoms with Crippen molar-refractivity contribution in [3.8, 4) is 0 Å². The van der Waals surface area contributed by atoms with Crippen molar-refractivity contribution >= 4 is 23.7 Å². The van der Waals surface area contributed by atoms with Crippen LogP contribution in [0.5, 0.6) is 0 Å². The molecule has 7 atom stereocenters. The van der Waals surface area contributed by atoms with Crippen molar-refractivity contribution in [3.05, 3.63) is 59.2 Å². The number of hydrogen-bond donors (Lipinski definition) is 3. The third kappa shape index (κ3) is 5.97. The lowest BCUT2D eigenvalue weighted by molar-refractivity contribution is -0.492. The van der Waals surface area contributed by atoms with Crippen molar-refractivity contribution < 1.29 is 53.7 Å². The first-order valence-corrected chi connectivity index (χ1v) is 15.4. The maximum absolute atomic E-state index is 14.1. The van der Waals surface area contributed by atoms with Gasteiger partial charge in [-0.05, 0) is 87.1 Å². The number of carbonyl (C=O) groups excluding carboxylic acids is 4. The summed E-state index contributed by atoms with van der Waals surface area (Å²) < 4.78 is 16.5. The second-order valence-electron chi connectivity index (χ2n) is 12.9. The average Bonchev–Trinajstić information content (AvgIpc) is 3.28. The van der Waals surface area contributed by atoms with E-state index in [0.29, 0.717) is 19.3 Å². The Bertz CT molecular complexity index is 1390. The molecule has 0 radical (unpaired) electrons. The van der Waals surface area contributed by atoms with Crippen LogP contribution >= 0.6 is 0 Å². The zero-order chi connectivity index (χ0) is 32.6. The summed E-state index contributed by atoms with van der Waals surface area (Å²) in [5.41, 5.74) is -1.16. The zero-order valence-corrected chi connectivity index (χ0v) is 25.8. The predicted molar refractivity (Wildman–Crippen MR) is 156 cm³/mol. The number of aliphatic hydroxyl groups is 1. The maximum atomic E-state index is 14.1. The third-order valence-electron chi connectivity index (χ3n) is 10.7. The number of ether oxygens (including phenoxy) is 3. The fourth-order valence-electron chi connectivity index (χ4n) is 8.67. The number of aliphatic hydroxyl groups excluding tert-OH is 1. The Hall–Kier alpha value is -3.42. The van der Waals surface area contributed by atoms with E-state index < -0.39 is 47.0 Å². The fraction of sp³-hybridized carbons (Fsp3) is 0.576. The molecular weight excluding hydrogens is 586 g/mol. The summed E-state index contributed by atoms with van der Waals surface area (Å²) in [5.74, 6) is -1.62. The highest BCUT2D eigenvalue weighted by atomic mass is 17.1. The van der Waals surface area contributed by atoms with Crippen LogP contribution in [0.25, 0.3) is 0 Å². The van der Waals surface area contributed by atoms with Crippen molar-refractivity contribution in [2.75, 3.05) is 19.8 Å². The lowest BCUT2D eigenvalue weighted by Gasteiger charge is -2.59. The molecule has 0 heterocycles. The van der Waals surface area contributed by atoms with Crippen LogP contribution in [0, 0.1) is 28.6 Å². The minimum absolute atomic E-state index is 0.00259. The van der Waals surface area contributed by atoms with Gasteiger partial charge in [0.05, 0.1) is 30.3 Å². The molecule has 1 aromatic carbocycles. The molecular formula is C33H41NO11. The molecule has 0 spiro atoms. The van der Waals surface area contributed by atoms with Gasteiger partial charge in [0.25, 0.3) is 0 Å². The molecule has 5 rings (SSSR count). The van der Waals surface area contributed by atoms with Crippen molar-refractivity contribution in [2.45, 2.75) is 71.0 Å². The Morgan fingerprint density at radius 2 is 1.80 bits per heavy atom. The number of allylic oxidation sites excluding steroid dienone is 4. The van der Waals surface area contributed by atoms with E-state index in [0.717, 1.165) is 17.6 Å². The Morgan fingerprint density at radius 1 is 1.07 bits per heavy atom. The predicted octanol–water partition coefficient (Wildman–Crippen LogP) is 4.16. The lowest BCUT2D eigenvalue weighted by Crippen LogP contribution is -2.63. The van der Waals surface area contributed by atoms with Crippen LogP contribution in [0.3, 0.4) is 0 Å². The minimum Gasteiger partial charge on any atom is -0.454 e. The summed E-state index contributed by atoms with van der Waals surface area (Å²) in [6, 6.07) is 6.34. The van der Waals surface area contributed by atoms with Crippen molar-refractivity contribution in [1.82, 2.24) is 5.39 Å². The van der Waals surface area contributed by atoms with E-state index in [9.17, 15) is 24.3 Å². The van der Waals surface area contributed by atoms with Crippen molar-refractivity contribution in [2.24, 2.45) is 28.6 Å². The van der Waals surface area contributed by atoms with E-state index in [4.69, 9.17) is 24.6 Å². The molecule has 0 aromatic heterocycles. The number of benzene rings is 1. The van der Waals surface area contributed by atoms with Crippen molar-refractivity contribution in [3.63, 3.8) is 0 Å². The quantitative estimate of drug-likeness (QED) is 0.251. The summed E-state index contributed by atoms with van der Waals surface area (Å²) in [6.07, 6.45) is 6.03. The zero-order valence-electron chi connectivity index (χ0n) is 25.8. The average molecular weight is 628 g/mol. The van der Waals surface area contributed by atoms with Gasteiger partial charge in [0.2, 0.25) is 5.78 Å². The number of rotatable bonds is 10. The summed E-state index contributed by atoms with van der Waals surface area (Å²) in [7, 11) is 0. The third-order valence-corrected chi connectivity index (χ3v) is 10.7. The molecule has 3 saturated carbocycles. The van der Waals surface area contributed by atoms with Gasteiger partial charge in [-0.2, -0.15) is 0 Å². The summed E-state index contributed by atoms with van der Waals surface area (Å²) in [5, 5.41) is 28.7. The van der Waals surface area contributed by atoms with E-state index in [1.807, 2.05) is 13.0 Å². The number of nitrogens with zero attached hydrogens (tertiary/aromatic N) is 1. The van der Waals surface area contributed by atoms with Gasteiger partial charge in [-0.15, -0.1) is 0 Å². The lowest BCUT2D eigenvalue weighted by atomic mass is 9.46. The monoisotopic (exact) mass is 627 g/mol. The number of fused-ring (bicyclic) bond motifs is 5. The molecule has 0 amide bonds. The van der Waals surface area contributed by atoms with E-state index in [-0.39, 0.29) is 60.5 Å². The number of esters is 1. The van der Waals surface area contributed by atoms with Gasteiger partial charge in [0.1, 0.15) is 0 Å². The van der Waals surface area contributed by atoms with Crippen LogP contribution < -0.4 is 0 Å². The maximum Gasteiger partial charge on any atom is 0.509 e.